The highest BCUT2D eigenvalue weighted by Crippen LogP contribution is 2.51. The third-order valence-corrected chi connectivity index (χ3v) is 5.60. The number of nitrogens with zero attached hydrogens (tertiary/aromatic N) is 1. The predicted octanol–water partition coefficient (Wildman–Crippen LogP) is 3.89. The summed E-state index contributed by atoms with van der Waals surface area (Å²) in [7, 11) is 0. The standard InChI is InChI=1S/C14H15NO3S2/c16-12(17)6-14(3-4-14)9-19-8-10-7-18-13(15-10)11-2-1-5-20-11/h1-2,5,7H,3-4,6,8-9H2,(H,16,17). The number of carboxylic acid groups (broad SMARTS) is 1. The molecule has 0 atom stereocenters. The Hall–Kier alpha value is -1.27. The molecule has 2 heterocycles. The maximum Gasteiger partial charge on any atom is 0.303 e. The van der Waals surface area contributed by atoms with Crippen LogP contribution in [0.2, 0.25) is 0 Å². The van der Waals surface area contributed by atoms with Gasteiger partial charge >= 0.3 is 5.97 Å². The van der Waals surface area contributed by atoms with Crippen molar-refractivity contribution in [3.63, 3.8) is 0 Å². The molecule has 6 heteroatoms. The molecule has 1 fully saturated rings. The van der Waals surface area contributed by atoms with Crippen LogP contribution in [0, 0.1) is 5.41 Å². The smallest absolute Gasteiger partial charge is 0.303 e. The number of thioether (sulfide) groups is 1. The third-order valence-electron chi connectivity index (χ3n) is 3.43. The third kappa shape index (κ3) is 3.24. The number of aliphatic carboxylic acids is 1. The molecule has 3 rings (SSSR count). The van der Waals surface area contributed by atoms with Crippen LogP contribution in [0.15, 0.2) is 28.2 Å². The van der Waals surface area contributed by atoms with Crippen LogP contribution in [0.1, 0.15) is 25.0 Å². The van der Waals surface area contributed by atoms with E-state index in [1.807, 2.05) is 17.5 Å². The fourth-order valence-electron chi connectivity index (χ4n) is 2.13. The molecule has 1 N–H and O–H groups in total. The average molecular weight is 309 g/mol. The molecule has 2 aromatic heterocycles. The van der Waals surface area contributed by atoms with Gasteiger partial charge in [0.2, 0.25) is 5.89 Å². The first-order valence-corrected chi connectivity index (χ1v) is 8.48. The Bertz CT molecular complexity index is 587. The van der Waals surface area contributed by atoms with E-state index >= 15 is 0 Å². The molecular formula is C14H15NO3S2. The number of hydrogen-bond donors (Lipinski definition) is 1. The lowest BCUT2D eigenvalue weighted by Crippen LogP contribution is -2.11. The lowest BCUT2D eigenvalue weighted by molar-refractivity contribution is -0.138. The molecule has 0 spiro atoms. The first kappa shape index (κ1) is 13.7. The Balaban J connectivity index is 1.51. The van der Waals surface area contributed by atoms with E-state index in [9.17, 15) is 4.79 Å². The van der Waals surface area contributed by atoms with Crippen LogP contribution in [0.3, 0.4) is 0 Å². The first-order valence-electron chi connectivity index (χ1n) is 6.45. The molecule has 0 bridgehead atoms. The van der Waals surface area contributed by atoms with Crippen molar-refractivity contribution in [3.8, 4) is 10.8 Å². The Morgan fingerprint density at radius 3 is 3.05 bits per heavy atom. The van der Waals surface area contributed by atoms with E-state index in [0.717, 1.165) is 34.9 Å². The Morgan fingerprint density at radius 1 is 1.55 bits per heavy atom. The minimum Gasteiger partial charge on any atom is -0.481 e. The molecule has 106 valence electrons. The molecule has 0 saturated heterocycles. The van der Waals surface area contributed by atoms with Gasteiger partial charge in [-0.15, -0.1) is 11.3 Å². The van der Waals surface area contributed by atoms with Gasteiger partial charge < -0.3 is 9.52 Å². The van der Waals surface area contributed by atoms with E-state index in [4.69, 9.17) is 9.52 Å². The summed E-state index contributed by atoms with van der Waals surface area (Å²) in [5, 5.41) is 10.9. The van der Waals surface area contributed by atoms with Gasteiger partial charge in [-0.05, 0) is 35.5 Å². The van der Waals surface area contributed by atoms with Crippen LogP contribution < -0.4 is 0 Å². The Morgan fingerprint density at radius 2 is 2.40 bits per heavy atom. The second kappa shape index (κ2) is 5.61. The van der Waals surface area contributed by atoms with Gasteiger partial charge in [-0.2, -0.15) is 11.8 Å². The fourth-order valence-corrected chi connectivity index (χ4v) is 4.05. The first-order chi connectivity index (χ1) is 9.67. The van der Waals surface area contributed by atoms with Gasteiger partial charge in [0, 0.05) is 5.75 Å². The SMILES string of the molecule is O=C(O)CC1(CSCc2coc(-c3cccs3)n2)CC1. The molecule has 0 amide bonds. The highest BCUT2D eigenvalue weighted by atomic mass is 32.2. The van der Waals surface area contributed by atoms with E-state index in [-0.39, 0.29) is 5.41 Å². The van der Waals surface area contributed by atoms with E-state index in [1.54, 1.807) is 29.4 Å². The molecule has 2 aromatic rings. The van der Waals surface area contributed by atoms with Crippen molar-refractivity contribution in [3.05, 3.63) is 29.5 Å². The van der Waals surface area contributed by atoms with Gasteiger partial charge in [-0.3, -0.25) is 4.79 Å². The average Bonchev–Trinajstić information content (AvgIpc) is 2.86. The minimum absolute atomic E-state index is 0.0385. The number of carboxylic acids is 1. The van der Waals surface area contributed by atoms with Crippen molar-refractivity contribution in [2.24, 2.45) is 5.41 Å². The largest absolute Gasteiger partial charge is 0.481 e. The topological polar surface area (TPSA) is 63.3 Å². The summed E-state index contributed by atoms with van der Waals surface area (Å²) in [6, 6.07) is 3.96. The maximum atomic E-state index is 10.8. The number of aromatic nitrogens is 1. The second-order valence-electron chi connectivity index (χ2n) is 5.18. The summed E-state index contributed by atoms with van der Waals surface area (Å²) in [5.41, 5.74) is 0.959. The number of thiophene rings is 1. The van der Waals surface area contributed by atoms with Gasteiger partial charge in [0.15, 0.2) is 0 Å². The molecule has 1 aliphatic carbocycles. The summed E-state index contributed by atoms with van der Waals surface area (Å²) in [5.74, 6) is 1.64. The number of carbonyl (C=O) groups is 1. The summed E-state index contributed by atoms with van der Waals surface area (Å²) < 4.78 is 5.46. The molecule has 1 saturated carbocycles. The summed E-state index contributed by atoms with van der Waals surface area (Å²) in [4.78, 5) is 16.3. The van der Waals surface area contributed by atoms with Crippen molar-refractivity contribution in [2.45, 2.75) is 25.0 Å². The molecular weight excluding hydrogens is 294 g/mol. The van der Waals surface area contributed by atoms with Crippen LogP contribution >= 0.6 is 23.1 Å². The Kier molecular flexibility index (Phi) is 3.85. The zero-order valence-electron chi connectivity index (χ0n) is 10.9. The summed E-state index contributed by atoms with van der Waals surface area (Å²) in [6.45, 7) is 0. The quantitative estimate of drug-likeness (QED) is 0.840. The van der Waals surface area contributed by atoms with Crippen LogP contribution in [0.25, 0.3) is 10.8 Å². The lowest BCUT2D eigenvalue weighted by Gasteiger charge is -2.10. The number of oxazole rings is 1. The highest BCUT2D eigenvalue weighted by molar-refractivity contribution is 7.98. The van der Waals surface area contributed by atoms with Crippen LogP contribution in [-0.4, -0.2) is 21.8 Å². The van der Waals surface area contributed by atoms with Gasteiger partial charge in [0.05, 0.1) is 17.0 Å². The van der Waals surface area contributed by atoms with Gasteiger partial charge in [0.1, 0.15) is 6.26 Å². The molecule has 0 aliphatic heterocycles. The van der Waals surface area contributed by atoms with Gasteiger partial charge in [0.25, 0.3) is 0 Å². The maximum absolute atomic E-state index is 10.8. The molecule has 0 unspecified atom stereocenters. The molecule has 0 radical (unpaired) electrons. The number of hydrogen-bond acceptors (Lipinski definition) is 5. The van der Waals surface area contributed by atoms with Gasteiger partial charge in [-0.25, -0.2) is 4.98 Å². The molecule has 4 nitrogen and oxygen atoms in total. The zero-order valence-corrected chi connectivity index (χ0v) is 12.5. The molecule has 1 aliphatic rings. The normalized spacial score (nSPS) is 16.2. The van der Waals surface area contributed by atoms with Crippen molar-refractivity contribution in [1.82, 2.24) is 4.98 Å². The predicted molar refractivity (Wildman–Crippen MR) is 79.9 cm³/mol. The zero-order chi connectivity index (χ0) is 14.0. The van der Waals surface area contributed by atoms with Crippen LogP contribution in [0.4, 0.5) is 0 Å². The fraction of sp³-hybridized carbons (Fsp3) is 0.429. The van der Waals surface area contributed by atoms with E-state index in [0.29, 0.717) is 12.3 Å². The Labute approximate surface area is 125 Å². The molecule has 20 heavy (non-hydrogen) atoms. The summed E-state index contributed by atoms with van der Waals surface area (Å²) in [6.07, 6.45) is 4.05. The van der Waals surface area contributed by atoms with Gasteiger partial charge in [-0.1, -0.05) is 6.07 Å². The highest BCUT2D eigenvalue weighted by Gasteiger charge is 2.44. The minimum atomic E-state index is -0.690. The van der Waals surface area contributed by atoms with Crippen molar-refractivity contribution >= 4 is 29.1 Å². The van der Waals surface area contributed by atoms with Crippen molar-refractivity contribution in [1.29, 1.82) is 0 Å². The second-order valence-corrected chi connectivity index (χ2v) is 7.12. The van der Waals surface area contributed by atoms with E-state index in [2.05, 4.69) is 4.98 Å². The van der Waals surface area contributed by atoms with E-state index < -0.39 is 5.97 Å². The van der Waals surface area contributed by atoms with Crippen molar-refractivity contribution in [2.75, 3.05) is 5.75 Å². The van der Waals surface area contributed by atoms with Crippen molar-refractivity contribution < 1.29 is 14.3 Å². The monoisotopic (exact) mass is 309 g/mol. The number of rotatable bonds is 7. The lowest BCUT2D eigenvalue weighted by atomic mass is 10.1. The van der Waals surface area contributed by atoms with Crippen LogP contribution in [0.5, 0.6) is 0 Å². The summed E-state index contributed by atoms with van der Waals surface area (Å²) >= 11 is 3.35. The van der Waals surface area contributed by atoms with Crippen LogP contribution in [-0.2, 0) is 10.5 Å². The van der Waals surface area contributed by atoms with E-state index in [1.165, 1.54) is 0 Å². The molecule has 0 aromatic carbocycles.